The fraction of sp³-hybridized carbons (Fsp3) is 0.467. The number of carboxylic acids is 1. The third kappa shape index (κ3) is 3.52. The van der Waals surface area contributed by atoms with Crippen molar-refractivity contribution < 1.29 is 19.4 Å². The summed E-state index contributed by atoms with van der Waals surface area (Å²) in [6.45, 7) is 7.07. The molecule has 116 valence electrons. The quantitative estimate of drug-likeness (QED) is 0.772. The number of methoxy groups -OCH3 is 1. The molecule has 4 N–H and O–H groups in total. The minimum Gasteiger partial charge on any atom is -0.496 e. The molecule has 0 aromatic heterocycles. The summed E-state index contributed by atoms with van der Waals surface area (Å²) < 4.78 is 5.02. The number of benzene rings is 1. The highest BCUT2D eigenvalue weighted by Gasteiger charge is 2.40. The molecule has 0 heterocycles. The van der Waals surface area contributed by atoms with E-state index in [4.69, 9.17) is 15.6 Å². The molecule has 0 atom stereocenters. The number of hydrogen-bond acceptors (Lipinski definition) is 4. The van der Waals surface area contributed by atoms with Gasteiger partial charge >= 0.3 is 5.97 Å². The monoisotopic (exact) mass is 294 g/mol. The highest BCUT2D eigenvalue weighted by atomic mass is 16.5. The molecule has 0 aliphatic rings. The molecule has 0 bridgehead atoms. The van der Waals surface area contributed by atoms with Gasteiger partial charge in [-0.1, -0.05) is 0 Å². The van der Waals surface area contributed by atoms with Crippen molar-refractivity contribution in [3.63, 3.8) is 0 Å². The minimum absolute atomic E-state index is 0.0360. The van der Waals surface area contributed by atoms with Crippen molar-refractivity contribution in [3.8, 4) is 5.75 Å². The summed E-state index contributed by atoms with van der Waals surface area (Å²) in [4.78, 5) is 23.4. The van der Waals surface area contributed by atoms with Crippen LogP contribution in [0.4, 0.5) is 5.69 Å². The van der Waals surface area contributed by atoms with Crippen LogP contribution in [-0.2, 0) is 4.79 Å². The molecule has 6 heteroatoms. The number of rotatable bonds is 5. The topological polar surface area (TPSA) is 102 Å². The number of anilines is 1. The van der Waals surface area contributed by atoms with Crippen molar-refractivity contribution >= 4 is 17.6 Å². The Morgan fingerprint density at radius 2 is 1.81 bits per heavy atom. The molecule has 0 saturated heterocycles. The first-order valence-corrected chi connectivity index (χ1v) is 6.52. The molecule has 0 spiro atoms. The Morgan fingerprint density at radius 3 is 2.24 bits per heavy atom. The number of nitrogens with two attached hydrogens (primary N) is 1. The summed E-state index contributed by atoms with van der Waals surface area (Å²) in [7, 11) is 1.38. The standard InChI is InChI=1S/C15H22N2O4/c1-14(2,15(3,4)16)13(20)17-9-6-7-10(12(18)19)11(8-9)21-5/h6-8H,16H2,1-5H3,(H,17,20)(H,18,19). The van der Waals surface area contributed by atoms with Crippen molar-refractivity contribution in [2.24, 2.45) is 11.1 Å². The van der Waals surface area contributed by atoms with Crippen LogP contribution in [0.25, 0.3) is 0 Å². The van der Waals surface area contributed by atoms with Crippen LogP contribution < -0.4 is 15.8 Å². The molecular weight excluding hydrogens is 272 g/mol. The zero-order valence-electron chi connectivity index (χ0n) is 13.0. The molecule has 0 aliphatic carbocycles. The lowest BCUT2D eigenvalue weighted by Crippen LogP contribution is -2.53. The highest BCUT2D eigenvalue weighted by Crippen LogP contribution is 2.31. The fourth-order valence-electron chi connectivity index (χ4n) is 1.53. The Labute approximate surface area is 124 Å². The molecule has 1 aromatic rings. The zero-order valence-corrected chi connectivity index (χ0v) is 13.0. The second kappa shape index (κ2) is 5.73. The Hall–Kier alpha value is -2.08. The first-order valence-electron chi connectivity index (χ1n) is 6.52. The van der Waals surface area contributed by atoms with Crippen LogP contribution in [0, 0.1) is 5.41 Å². The minimum atomic E-state index is -1.09. The molecule has 0 saturated carbocycles. The highest BCUT2D eigenvalue weighted by molar-refractivity contribution is 5.97. The molecule has 21 heavy (non-hydrogen) atoms. The summed E-state index contributed by atoms with van der Waals surface area (Å²) in [6, 6.07) is 4.38. The number of hydrogen-bond donors (Lipinski definition) is 3. The van der Waals surface area contributed by atoms with E-state index in [1.807, 2.05) is 0 Å². The van der Waals surface area contributed by atoms with Crippen molar-refractivity contribution in [1.82, 2.24) is 0 Å². The Morgan fingerprint density at radius 1 is 1.24 bits per heavy atom. The summed E-state index contributed by atoms with van der Waals surface area (Å²) >= 11 is 0. The van der Waals surface area contributed by atoms with Gasteiger partial charge in [0.15, 0.2) is 0 Å². The van der Waals surface area contributed by atoms with Gasteiger partial charge in [-0.2, -0.15) is 0 Å². The number of carbonyl (C=O) groups excluding carboxylic acids is 1. The Bertz CT molecular complexity index is 559. The van der Waals surface area contributed by atoms with E-state index in [-0.39, 0.29) is 17.2 Å². The number of carboxylic acid groups (broad SMARTS) is 1. The van der Waals surface area contributed by atoms with Crippen LogP contribution in [0.15, 0.2) is 18.2 Å². The van der Waals surface area contributed by atoms with Crippen molar-refractivity contribution in [1.29, 1.82) is 0 Å². The molecule has 0 unspecified atom stereocenters. The fourth-order valence-corrected chi connectivity index (χ4v) is 1.53. The Kier molecular flexibility index (Phi) is 4.63. The molecular formula is C15H22N2O4. The van der Waals surface area contributed by atoms with Gasteiger partial charge in [0.05, 0.1) is 12.5 Å². The maximum absolute atomic E-state index is 12.4. The van der Waals surface area contributed by atoms with Crippen LogP contribution in [0.1, 0.15) is 38.1 Å². The maximum Gasteiger partial charge on any atom is 0.339 e. The van der Waals surface area contributed by atoms with E-state index in [1.165, 1.54) is 25.3 Å². The van der Waals surface area contributed by atoms with Gasteiger partial charge in [-0.15, -0.1) is 0 Å². The van der Waals surface area contributed by atoms with Crippen molar-refractivity contribution in [2.45, 2.75) is 33.2 Å². The molecule has 1 amide bonds. The second-order valence-electron chi connectivity index (χ2n) is 6.02. The molecule has 0 radical (unpaired) electrons. The summed E-state index contributed by atoms with van der Waals surface area (Å²) in [5.74, 6) is -1.15. The maximum atomic E-state index is 12.4. The normalized spacial score (nSPS) is 11.9. The predicted octanol–water partition coefficient (Wildman–Crippen LogP) is 2.10. The predicted molar refractivity (Wildman–Crippen MR) is 80.6 cm³/mol. The number of amides is 1. The Balaban J connectivity index is 3.05. The second-order valence-corrected chi connectivity index (χ2v) is 6.02. The van der Waals surface area contributed by atoms with E-state index < -0.39 is 16.9 Å². The summed E-state index contributed by atoms with van der Waals surface area (Å²) in [5.41, 5.74) is 5.01. The van der Waals surface area contributed by atoms with Crippen LogP contribution in [0.2, 0.25) is 0 Å². The lowest BCUT2D eigenvalue weighted by atomic mass is 9.74. The molecule has 1 aromatic carbocycles. The van der Waals surface area contributed by atoms with Gasteiger partial charge in [-0.25, -0.2) is 4.79 Å². The van der Waals surface area contributed by atoms with Gasteiger partial charge in [0.25, 0.3) is 0 Å². The average Bonchev–Trinajstić information content (AvgIpc) is 2.36. The van der Waals surface area contributed by atoms with Crippen molar-refractivity contribution in [2.75, 3.05) is 12.4 Å². The molecule has 1 rings (SSSR count). The largest absolute Gasteiger partial charge is 0.496 e. The average molecular weight is 294 g/mol. The number of ether oxygens (including phenoxy) is 1. The van der Waals surface area contributed by atoms with Crippen LogP contribution >= 0.6 is 0 Å². The van der Waals surface area contributed by atoms with Gasteiger partial charge in [0, 0.05) is 17.3 Å². The van der Waals surface area contributed by atoms with E-state index in [2.05, 4.69) is 5.32 Å². The van der Waals surface area contributed by atoms with Crippen molar-refractivity contribution in [3.05, 3.63) is 23.8 Å². The van der Waals surface area contributed by atoms with E-state index in [0.717, 1.165) is 0 Å². The molecule has 6 nitrogen and oxygen atoms in total. The van der Waals surface area contributed by atoms with E-state index in [9.17, 15) is 9.59 Å². The van der Waals surface area contributed by atoms with Crippen LogP contribution in [-0.4, -0.2) is 29.6 Å². The number of carbonyl (C=O) groups is 2. The van der Waals surface area contributed by atoms with Gasteiger partial charge in [0.2, 0.25) is 5.91 Å². The first-order chi connectivity index (χ1) is 9.50. The van der Waals surface area contributed by atoms with Gasteiger partial charge in [-0.3, -0.25) is 4.79 Å². The van der Waals surface area contributed by atoms with E-state index in [0.29, 0.717) is 5.69 Å². The first kappa shape index (κ1) is 17.0. The summed E-state index contributed by atoms with van der Waals surface area (Å²) in [6.07, 6.45) is 0. The third-order valence-corrected chi connectivity index (χ3v) is 3.87. The molecule has 0 fully saturated rings. The lowest BCUT2D eigenvalue weighted by Gasteiger charge is -2.36. The van der Waals surface area contributed by atoms with Crippen LogP contribution in [0.3, 0.4) is 0 Å². The van der Waals surface area contributed by atoms with Gasteiger partial charge < -0.3 is 20.9 Å². The molecule has 0 aliphatic heterocycles. The SMILES string of the molecule is COc1cc(NC(=O)C(C)(C)C(C)(C)N)ccc1C(=O)O. The number of nitrogens with one attached hydrogen (secondary N) is 1. The zero-order chi connectivity index (χ0) is 16.4. The van der Waals surface area contributed by atoms with Gasteiger partial charge in [0.1, 0.15) is 11.3 Å². The van der Waals surface area contributed by atoms with E-state index >= 15 is 0 Å². The van der Waals surface area contributed by atoms with Crippen LogP contribution in [0.5, 0.6) is 5.75 Å². The number of aromatic carboxylic acids is 1. The lowest BCUT2D eigenvalue weighted by molar-refractivity contribution is -0.126. The smallest absolute Gasteiger partial charge is 0.339 e. The van der Waals surface area contributed by atoms with Gasteiger partial charge in [-0.05, 0) is 39.8 Å². The third-order valence-electron chi connectivity index (χ3n) is 3.87. The van der Waals surface area contributed by atoms with E-state index in [1.54, 1.807) is 27.7 Å². The summed E-state index contributed by atoms with van der Waals surface area (Å²) in [5, 5.41) is 11.8.